The Kier molecular flexibility index (Phi) is 5.14. The van der Waals surface area contributed by atoms with E-state index >= 15 is 0 Å². The van der Waals surface area contributed by atoms with Gasteiger partial charge in [0.2, 0.25) is 0 Å². The van der Waals surface area contributed by atoms with Crippen LogP contribution in [0.25, 0.3) is 0 Å². The fraction of sp³-hybridized carbons (Fsp3) is 0.786. The van der Waals surface area contributed by atoms with Crippen molar-refractivity contribution in [1.82, 2.24) is 0 Å². The zero-order chi connectivity index (χ0) is 21.1. The van der Waals surface area contributed by atoms with Crippen LogP contribution in [0.15, 0.2) is 23.8 Å². The molecule has 0 aliphatic heterocycles. The highest BCUT2D eigenvalue weighted by Gasteiger charge is 2.60. The second-order valence-electron chi connectivity index (χ2n) is 11.9. The summed E-state index contributed by atoms with van der Waals surface area (Å²) in [6, 6.07) is 0. The number of rotatable bonds is 3. The Morgan fingerprint density at radius 1 is 1.00 bits per heavy atom. The van der Waals surface area contributed by atoms with Crippen molar-refractivity contribution >= 4 is 11.6 Å². The molecule has 0 heterocycles. The molecule has 0 radical (unpaired) electrons. The number of ketones is 2. The highest BCUT2D eigenvalue weighted by atomic mass is 16.1. The lowest BCUT2D eigenvalue weighted by Gasteiger charge is -2.58. The number of carbonyl (C=O) groups excluding carboxylic acids is 2. The van der Waals surface area contributed by atoms with E-state index < -0.39 is 0 Å². The van der Waals surface area contributed by atoms with E-state index in [2.05, 4.69) is 32.9 Å². The lowest BCUT2D eigenvalue weighted by Crippen LogP contribution is -2.51. The van der Waals surface area contributed by atoms with Gasteiger partial charge in [0.05, 0.1) is 0 Å². The van der Waals surface area contributed by atoms with Crippen LogP contribution in [0, 0.1) is 46.3 Å². The molecular formula is C28H40O2. The molecule has 2 heteroatoms. The molecule has 0 spiro atoms. The van der Waals surface area contributed by atoms with E-state index in [1.165, 1.54) is 37.7 Å². The van der Waals surface area contributed by atoms with Crippen molar-refractivity contribution in [1.29, 1.82) is 0 Å². The molecule has 164 valence electrons. The topological polar surface area (TPSA) is 34.1 Å². The second-order valence-corrected chi connectivity index (χ2v) is 11.9. The minimum absolute atomic E-state index is 0.218. The standard InChI is InChI=1S/C28H40O2/c1-18(26(30)19-7-5-4-6-8-19)23-11-12-24-22-10-9-20-17-21(29)13-15-27(20,2)25(22)14-16-28(23,24)3/h4-5,17-19,22-25H,6-16H2,1-3H3/t18-,19?,22-,23?,24-,25-,27-,28+/m0/s1. The molecule has 5 aliphatic rings. The molecular weight excluding hydrogens is 368 g/mol. The van der Waals surface area contributed by atoms with Gasteiger partial charge >= 0.3 is 0 Å². The van der Waals surface area contributed by atoms with Gasteiger partial charge in [0.15, 0.2) is 5.78 Å². The van der Waals surface area contributed by atoms with Gasteiger partial charge in [0.25, 0.3) is 0 Å². The van der Waals surface area contributed by atoms with E-state index in [1.54, 1.807) is 0 Å². The highest BCUT2D eigenvalue weighted by molar-refractivity contribution is 5.91. The number of hydrogen-bond donors (Lipinski definition) is 0. The quantitative estimate of drug-likeness (QED) is 0.487. The summed E-state index contributed by atoms with van der Waals surface area (Å²) >= 11 is 0. The normalized spacial score (nSPS) is 46.4. The predicted octanol–water partition coefficient (Wildman–Crippen LogP) is 6.70. The molecule has 0 amide bonds. The van der Waals surface area contributed by atoms with Crippen molar-refractivity contribution in [3.05, 3.63) is 23.8 Å². The van der Waals surface area contributed by atoms with Crippen molar-refractivity contribution in [2.75, 3.05) is 0 Å². The van der Waals surface area contributed by atoms with Gasteiger partial charge in [0, 0.05) is 18.3 Å². The van der Waals surface area contributed by atoms with E-state index in [-0.39, 0.29) is 17.3 Å². The van der Waals surface area contributed by atoms with Gasteiger partial charge in [-0.15, -0.1) is 0 Å². The first kappa shape index (κ1) is 20.7. The fourth-order valence-electron chi connectivity index (χ4n) is 9.04. The summed E-state index contributed by atoms with van der Waals surface area (Å²) in [5.41, 5.74) is 2.06. The van der Waals surface area contributed by atoms with E-state index in [0.29, 0.717) is 22.9 Å². The molecule has 30 heavy (non-hydrogen) atoms. The molecule has 0 aromatic rings. The molecule has 5 aliphatic carbocycles. The zero-order valence-corrected chi connectivity index (χ0v) is 19.3. The average Bonchev–Trinajstić information content (AvgIpc) is 3.11. The Labute approximate surface area is 183 Å². The molecule has 2 unspecified atom stereocenters. The molecule has 3 saturated carbocycles. The number of allylic oxidation sites excluding steroid dienone is 3. The molecule has 0 bridgehead atoms. The maximum atomic E-state index is 13.4. The lowest BCUT2D eigenvalue weighted by molar-refractivity contribution is -0.131. The number of fused-ring (bicyclic) bond motifs is 5. The first-order valence-electron chi connectivity index (χ1n) is 12.8. The maximum absolute atomic E-state index is 13.4. The number of hydrogen-bond acceptors (Lipinski definition) is 2. The van der Waals surface area contributed by atoms with Crippen LogP contribution in [0.2, 0.25) is 0 Å². The van der Waals surface area contributed by atoms with E-state index in [1.807, 2.05) is 6.08 Å². The van der Waals surface area contributed by atoms with Gasteiger partial charge in [-0.1, -0.05) is 38.5 Å². The van der Waals surface area contributed by atoms with Crippen molar-refractivity contribution in [2.24, 2.45) is 46.3 Å². The molecule has 0 saturated heterocycles. The van der Waals surface area contributed by atoms with Crippen molar-refractivity contribution < 1.29 is 9.59 Å². The molecule has 2 nitrogen and oxygen atoms in total. The van der Waals surface area contributed by atoms with Crippen LogP contribution < -0.4 is 0 Å². The van der Waals surface area contributed by atoms with Crippen LogP contribution in [0.3, 0.4) is 0 Å². The third-order valence-corrected chi connectivity index (χ3v) is 10.8. The monoisotopic (exact) mass is 408 g/mol. The Hall–Kier alpha value is -1.18. The summed E-state index contributed by atoms with van der Waals surface area (Å²) in [6.07, 6.45) is 18.9. The van der Waals surface area contributed by atoms with E-state index in [0.717, 1.165) is 56.3 Å². The number of Topliss-reactive ketones (excluding diaryl/α,β-unsaturated/α-hetero) is 1. The van der Waals surface area contributed by atoms with Crippen LogP contribution in [-0.2, 0) is 9.59 Å². The highest BCUT2D eigenvalue weighted by Crippen LogP contribution is 2.67. The summed E-state index contributed by atoms with van der Waals surface area (Å²) in [6.45, 7) is 7.29. The third kappa shape index (κ3) is 3.03. The van der Waals surface area contributed by atoms with Gasteiger partial charge in [-0.05, 0) is 105 Å². The fourth-order valence-corrected chi connectivity index (χ4v) is 9.04. The van der Waals surface area contributed by atoms with Crippen LogP contribution >= 0.6 is 0 Å². The minimum atomic E-state index is 0.218. The SMILES string of the molecule is C[C@H](C(=O)C1CC=CCC1)C1CC[C@H]2[C@@H]3CCC4=CC(=O)CC[C@]4(C)[C@H]3CC[C@]12C. The van der Waals surface area contributed by atoms with Gasteiger partial charge in [-0.25, -0.2) is 0 Å². The molecule has 0 aromatic carbocycles. The Morgan fingerprint density at radius 2 is 1.83 bits per heavy atom. The third-order valence-electron chi connectivity index (χ3n) is 10.8. The summed E-state index contributed by atoms with van der Waals surface area (Å²) in [5, 5.41) is 0. The summed E-state index contributed by atoms with van der Waals surface area (Å²) in [7, 11) is 0. The predicted molar refractivity (Wildman–Crippen MR) is 121 cm³/mol. The average molecular weight is 409 g/mol. The summed E-state index contributed by atoms with van der Waals surface area (Å²) in [4.78, 5) is 25.4. The number of carbonyl (C=O) groups is 2. The first-order valence-corrected chi connectivity index (χ1v) is 12.8. The van der Waals surface area contributed by atoms with Gasteiger partial charge < -0.3 is 0 Å². The van der Waals surface area contributed by atoms with Crippen LogP contribution in [0.5, 0.6) is 0 Å². The second kappa shape index (κ2) is 7.45. The first-order chi connectivity index (χ1) is 14.3. The van der Waals surface area contributed by atoms with Crippen molar-refractivity contribution in [3.8, 4) is 0 Å². The largest absolute Gasteiger partial charge is 0.299 e. The maximum Gasteiger partial charge on any atom is 0.155 e. The van der Waals surface area contributed by atoms with E-state index in [4.69, 9.17) is 0 Å². The van der Waals surface area contributed by atoms with Crippen LogP contribution in [0.4, 0.5) is 0 Å². The summed E-state index contributed by atoms with van der Waals surface area (Å²) < 4.78 is 0. The lowest BCUT2D eigenvalue weighted by atomic mass is 9.46. The smallest absolute Gasteiger partial charge is 0.155 e. The molecule has 0 aromatic heterocycles. The molecule has 3 fully saturated rings. The van der Waals surface area contributed by atoms with Gasteiger partial charge in [-0.3, -0.25) is 9.59 Å². The van der Waals surface area contributed by atoms with Gasteiger partial charge in [-0.2, -0.15) is 0 Å². The molecule has 8 atom stereocenters. The van der Waals surface area contributed by atoms with E-state index in [9.17, 15) is 9.59 Å². The minimum Gasteiger partial charge on any atom is -0.299 e. The zero-order valence-electron chi connectivity index (χ0n) is 19.3. The van der Waals surface area contributed by atoms with Crippen molar-refractivity contribution in [3.63, 3.8) is 0 Å². The molecule has 0 N–H and O–H groups in total. The Morgan fingerprint density at radius 3 is 2.60 bits per heavy atom. The van der Waals surface area contributed by atoms with Crippen molar-refractivity contribution in [2.45, 2.75) is 91.4 Å². The Bertz CT molecular complexity index is 790. The van der Waals surface area contributed by atoms with Gasteiger partial charge in [0.1, 0.15) is 5.78 Å². The van der Waals surface area contributed by atoms with Crippen LogP contribution in [-0.4, -0.2) is 11.6 Å². The van der Waals surface area contributed by atoms with Crippen LogP contribution in [0.1, 0.15) is 91.4 Å². The molecule has 5 rings (SSSR count). The summed E-state index contributed by atoms with van der Waals surface area (Å²) in [5.74, 6) is 4.28. The Balaban J connectivity index is 1.36.